The molecule has 11 heteroatoms. The molecule has 2 aromatic rings. The first kappa shape index (κ1) is 31.2. The Morgan fingerprint density at radius 1 is 1.22 bits per heavy atom. The number of amides is 1. The van der Waals surface area contributed by atoms with E-state index in [0.29, 0.717) is 47.8 Å². The summed E-state index contributed by atoms with van der Waals surface area (Å²) >= 11 is 0. The number of pyridine rings is 1. The van der Waals surface area contributed by atoms with Gasteiger partial charge in [0.1, 0.15) is 17.2 Å². The molecular weight excluding hydrogens is 520 g/mol. The molecule has 1 fully saturated rings. The molecule has 0 aliphatic carbocycles. The second-order valence-electron chi connectivity index (χ2n) is 11.0. The maximum absolute atomic E-state index is 13.4. The van der Waals surface area contributed by atoms with Gasteiger partial charge in [0.25, 0.3) is 0 Å². The Kier molecular flexibility index (Phi) is 10.1. The van der Waals surface area contributed by atoms with Crippen LogP contribution in [0.2, 0.25) is 0 Å². The first-order valence-corrected chi connectivity index (χ1v) is 13.3. The van der Waals surface area contributed by atoms with Gasteiger partial charge in [0.05, 0.1) is 36.7 Å². The van der Waals surface area contributed by atoms with Crippen LogP contribution in [0.3, 0.4) is 0 Å². The van der Waals surface area contributed by atoms with Crippen LogP contribution in [0.5, 0.6) is 0 Å². The van der Waals surface area contributed by atoms with Gasteiger partial charge in [-0.25, -0.2) is 9.97 Å². The van der Waals surface area contributed by atoms with Crippen LogP contribution in [-0.2, 0) is 20.9 Å². The minimum absolute atomic E-state index is 0.154. The molecule has 0 radical (unpaired) electrons. The topological polar surface area (TPSA) is 145 Å². The number of aliphatic imine (C=N–C) groups is 1. The first-order valence-electron chi connectivity index (χ1n) is 13.3. The zero-order chi connectivity index (χ0) is 30.3. The highest BCUT2D eigenvalue weighted by Crippen LogP contribution is 2.35. The average Bonchev–Trinajstić information content (AvgIpc) is 3.26. The molecular formula is C30H38N8O3. The number of allylic oxidation sites excluding steroid dienone is 2. The molecule has 0 aromatic carbocycles. The molecule has 0 saturated carbocycles. The Labute approximate surface area is 241 Å². The average molecular weight is 559 g/mol. The van der Waals surface area contributed by atoms with Crippen molar-refractivity contribution in [2.75, 3.05) is 32.5 Å². The lowest BCUT2D eigenvalue weighted by molar-refractivity contribution is -0.134. The highest BCUT2D eigenvalue weighted by molar-refractivity contribution is 6.46. The fraction of sp³-hybridized carbons (Fsp3) is 0.400. The summed E-state index contributed by atoms with van der Waals surface area (Å²) in [5.74, 6) is -0.311. The Morgan fingerprint density at radius 2 is 1.90 bits per heavy atom. The lowest BCUT2D eigenvalue weighted by Gasteiger charge is -2.24. The Balaban J connectivity index is 1.85. The molecule has 2 N–H and O–H groups in total. The summed E-state index contributed by atoms with van der Waals surface area (Å²) in [6.45, 7) is 11.6. The molecule has 1 aliphatic heterocycles. The van der Waals surface area contributed by atoms with Crippen LogP contribution in [0.15, 0.2) is 54.6 Å². The van der Waals surface area contributed by atoms with Gasteiger partial charge in [-0.15, -0.1) is 0 Å². The van der Waals surface area contributed by atoms with Gasteiger partial charge in [-0.05, 0) is 45.0 Å². The SMILES string of the molecule is C=CN=C(/C=C\C)C(=O)[C@@H]1CC(C)(C)CN1C(=O)CNc1cnc(-c2cnc(CN(C)C)nc2)cc1C(=N)C(C)=O. The van der Waals surface area contributed by atoms with E-state index >= 15 is 0 Å². The van der Waals surface area contributed by atoms with E-state index < -0.39 is 11.8 Å². The van der Waals surface area contributed by atoms with E-state index in [2.05, 4.69) is 31.8 Å². The monoisotopic (exact) mass is 558 g/mol. The zero-order valence-electron chi connectivity index (χ0n) is 24.6. The Morgan fingerprint density at radius 3 is 2.49 bits per heavy atom. The predicted octanol–water partition coefficient (Wildman–Crippen LogP) is 3.33. The highest BCUT2D eigenvalue weighted by atomic mass is 16.2. The van der Waals surface area contributed by atoms with Crippen molar-refractivity contribution in [1.29, 1.82) is 5.41 Å². The highest BCUT2D eigenvalue weighted by Gasteiger charge is 2.44. The lowest BCUT2D eigenvalue weighted by atomic mass is 9.89. The predicted molar refractivity (Wildman–Crippen MR) is 160 cm³/mol. The van der Waals surface area contributed by atoms with Crippen LogP contribution < -0.4 is 5.32 Å². The van der Waals surface area contributed by atoms with Crippen molar-refractivity contribution in [3.63, 3.8) is 0 Å². The fourth-order valence-corrected chi connectivity index (χ4v) is 4.66. The minimum atomic E-state index is -0.667. The molecule has 1 atom stereocenters. The molecule has 0 unspecified atom stereocenters. The first-order chi connectivity index (χ1) is 19.4. The summed E-state index contributed by atoms with van der Waals surface area (Å²) in [4.78, 5) is 59.8. The Bertz CT molecular complexity index is 1390. The van der Waals surface area contributed by atoms with Crippen molar-refractivity contribution in [2.45, 2.75) is 46.7 Å². The van der Waals surface area contributed by atoms with Crippen LogP contribution >= 0.6 is 0 Å². The minimum Gasteiger partial charge on any atom is -0.374 e. The van der Waals surface area contributed by atoms with Crippen molar-refractivity contribution in [1.82, 2.24) is 24.8 Å². The lowest BCUT2D eigenvalue weighted by Crippen LogP contribution is -2.45. The summed E-state index contributed by atoms with van der Waals surface area (Å²) in [6, 6.07) is 0.946. The molecule has 3 rings (SSSR count). The number of rotatable bonds is 12. The maximum Gasteiger partial charge on any atom is 0.242 e. The van der Waals surface area contributed by atoms with Gasteiger partial charge in [-0.1, -0.05) is 26.5 Å². The van der Waals surface area contributed by atoms with Gasteiger partial charge in [0.15, 0.2) is 5.78 Å². The van der Waals surface area contributed by atoms with Gasteiger partial charge in [0.2, 0.25) is 11.7 Å². The number of hydrogen-bond donors (Lipinski definition) is 2. The van der Waals surface area contributed by atoms with Crippen LogP contribution in [0.25, 0.3) is 11.3 Å². The van der Waals surface area contributed by atoms with Crippen molar-refractivity contribution < 1.29 is 14.4 Å². The second-order valence-corrected chi connectivity index (χ2v) is 11.0. The van der Waals surface area contributed by atoms with E-state index in [1.807, 2.05) is 32.8 Å². The fourth-order valence-electron chi connectivity index (χ4n) is 4.66. The number of nitrogens with zero attached hydrogens (tertiary/aromatic N) is 6. The molecule has 1 aliphatic rings. The number of anilines is 1. The number of ketones is 2. The third-order valence-electron chi connectivity index (χ3n) is 6.57. The zero-order valence-corrected chi connectivity index (χ0v) is 24.6. The van der Waals surface area contributed by atoms with Gasteiger partial charge in [-0.2, -0.15) is 0 Å². The smallest absolute Gasteiger partial charge is 0.242 e. The normalized spacial score (nSPS) is 16.7. The van der Waals surface area contributed by atoms with Gasteiger partial charge >= 0.3 is 0 Å². The number of likely N-dealkylation sites (tertiary alicyclic amines) is 1. The van der Waals surface area contributed by atoms with E-state index in [9.17, 15) is 14.4 Å². The van der Waals surface area contributed by atoms with E-state index in [1.54, 1.807) is 42.4 Å². The molecule has 0 bridgehead atoms. The third kappa shape index (κ3) is 7.85. The second kappa shape index (κ2) is 13.3. The van der Waals surface area contributed by atoms with Crippen LogP contribution in [0.1, 0.15) is 45.5 Å². The van der Waals surface area contributed by atoms with Crippen LogP contribution in [-0.4, -0.2) is 86.9 Å². The van der Waals surface area contributed by atoms with E-state index in [1.165, 1.54) is 19.3 Å². The van der Waals surface area contributed by atoms with E-state index in [-0.39, 0.29) is 35.1 Å². The molecule has 41 heavy (non-hydrogen) atoms. The van der Waals surface area contributed by atoms with Gasteiger partial charge in [-0.3, -0.25) is 29.8 Å². The molecule has 1 amide bonds. The summed E-state index contributed by atoms with van der Waals surface area (Å²) in [5, 5.41) is 11.4. The van der Waals surface area contributed by atoms with Crippen LogP contribution in [0, 0.1) is 10.8 Å². The molecule has 11 nitrogen and oxygen atoms in total. The number of hydrogen-bond acceptors (Lipinski definition) is 10. The van der Waals surface area contributed by atoms with E-state index in [0.717, 1.165) is 0 Å². The Hall–Kier alpha value is -4.38. The van der Waals surface area contributed by atoms with Crippen molar-refractivity contribution in [2.24, 2.45) is 10.4 Å². The molecule has 3 heterocycles. The van der Waals surface area contributed by atoms with Crippen LogP contribution in [0.4, 0.5) is 5.69 Å². The van der Waals surface area contributed by atoms with Gasteiger partial charge < -0.3 is 15.1 Å². The van der Waals surface area contributed by atoms with Crippen molar-refractivity contribution in [3.8, 4) is 11.3 Å². The van der Waals surface area contributed by atoms with Crippen molar-refractivity contribution >= 4 is 34.6 Å². The summed E-state index contributed by atoms with van der Waals surface area (Å²) in [6.07, 6.45) is 9.93. The van der Waals surface area contributed by atoms with Crippen molar-refractivity contribution in [3.05, 3.63) is 61.0 Å². The molecule has 2 aromatic heterocycles. The van der Waals surface area contributed by atoms with E-state index in [4.69, 9.17) is 5.41 Å². The quantitative estimate of drug-likeness (QED) is 0.378. The summed E-state index contributed by atoms with van der Waals surface area (Å²) in [5.41, 5.74) is 1.54. The number of aromatic nitrogens is 3. The maximum atomic E-state index is 13.4. The summed E-state index contributed by atoms with van der Waals surface area (Å²) in [7, 11) is 3.85. The van der Waals surface area contributed by atoms with Gasteiger partial charge in [0, 0.05) is 43.2 Å². The molecule has 216 valence electrons. The largest absolute Gasteiger partial charge is 0.374 e. The number of carbonyl (C=O) groups excluding carboxylic acids is 3. The number of carbonyl (C=O) groups is 3. The summed E-state index contributed by atoms with van der Waals surface area (Å²) < 4.78 is 0. The third-order valence-corrected chi connectivity index (χ3v) is 6.57. The standard InChI is InChI=1S/C30H38N8O3/c1-8-10-22(32-9-2)29(41)25-12-30(4,5)18-38(25)27(40)16-34-24-15-33-23(11-21(24)28(31)19(3)39)20-13-35-26(36-14-20)17-37(6)7/h8-11,13-15,25,31,34H,2,12,16-18H2,1,3-7H3/b10-8-,31-28?,32-22?/t25-/m0/s1. The number of nitrogens with one attached hydrogen (secondary N) is 2. The number of Topliss-reactive ketones (excluding diaryl/α,β-unsaturated/α-hetero) is 2. The molecule has 0 spiro atoms. The molecule has 1 saturated heterocycles.